The average Bonchev–Trinajstić information content (AvgIpc) is 3.82. The predicted octanol–water partition coefficient (Wildman–Crippen LogP) is 16.3. The lowest BCUT2D eigenvalue weighted by atomic mass is 9.70. The van der Waals surface area contributed by atoms with Crippen LogP contribution in [-0.2, 0) is 5.41 Å². The van der Waals surface area contributed by atoms with Gasteiger partial charge < -0.3 is 4.90 Å². The molecule has 0 saturated heterocycles. The van der Waals surface area contributed by atoms with E-state index in [1.165, 1.54) is 105 Å². The van der Waals surface area contributed by atoms with Gasteiger partial charge in [0.1, 0.15) is 0 Å². The third-order valence-electron chi connectivity index (χ3n) is 13.7. The molecule has 0 radical (unpaired) electrons. The molecule has 0 unspecified atom stereocenters. The molecule has 0 amide bonds. The van der Waals surface area contributed by atoms with E-state index in [0.717, 1.165) is 11.4 Å². The Kier molecular flexibility index (Phi) is 7.59. The van der Waals surface area contributed by atoms with Crippen LogP contribution in [0.15, 0.2) is 237 Å². The first-order valence-electron chi connectivity index (χ1n) is 21.6. The van der Waals surface area contributed by atoms with Gasteiger partial charge in [-0.05, 0) is 124 Å². The first kappa shape index (κ1) is 34.8. The normalized spacial score (nSPS) is 13.0. The molecule has 2 aliphatic rings. The third kappa shape index (κ3) is 4.91. The number of fused-ring (bicyclic) bond motifs is 14. The van der Waals surface area contributed by atoms with Crippen molar-refractivity contribution in [1.82, 2.24) is 0 Å². The molecule has 1 spiro atoms. The van der Waals surface area contributed by atoms with E-state index in [0.29, 0.717) is 0 Å². The number of benzene rings is 11. The van der Waals surface area contributed by atoms with E-state index in [1.807, 2.05) is 0 Å². The minimum atomic E-state index is -0.497. The second kappa shape index (κ2) is 13.5. The minimum Gasteiger partial charge on any atom is -0.310 e. The summed E-state index contributed by atoms with van der Waals surface area (Å²) in [5.41, 5.74) is 18.3. The molecule has 288 valence electrons. The van der Waals surface area contributed by atoms with Crippen molar-refractivity contribution in [2.45, 2.75) is 5.41 Å². The van der Waals surface area contributed by atoms with Crippen LogP contribution in [0.1, 0.15) is 22.3 Å². The van der Waals surface area contributed by atoms with E-state index in [4.69, 9.17) is 0 Å². The first-order valence-corrected chi connectivity index (χ1v) is 21.6. The maximum Gasteiger partial charge on any atom is 0.0746 e. The van der Waals surface area contributed by atoms with Gasteiger partial charge in [0.2, 0.25) is 0 Å². The molecule has 2 aliphatic carbocycles. The Morgan fingerprint density at radius 3 is 1.31 bits per heavy atom. The fourth-order valence-electron chi connectivity index (χ4n) is 11.1. The molecule has 11 aromatic carbocycles. The van der Waals surface area contributed by atoms with E-state index < -0.39 is 5.41 Å². The maximum absolute atomic E-state index is 2.50. The van der Waals surface area contributed by atoms with Crippen LogP contribution < -0.4 is 4.90 Å². The van der Waals surface area contributed by atoms with E-state index in [-0.39, 0.29) is 0 Å². The van der Waals surface area contributed by atoms with Gasteiger partial charge in [0.25, 0.3) is 0 Å². The van der Waals surface area contributed by atoms with Gasteiger partial charge in [-0.3, -0.25) is 0 Å². The van der Waals surface area contributed by atoms with Crippen LogP contribution in [0, 0.1) is 0 Å². The van der Waals surface area contributed by atoms with E-state index in [2.05, 4.69) is 241 Å². The molecule has 0 heterocycles. The van der Waals surface area contributed by atoms with Crippen LogP contribution >= 0.6 is 0 Å². The van der Waals surface area contributed by atoms with Crippen LogP contribution in [-0.4, -0.2) is 0 Å². The minimum absolute atomic E-state index is 0.497. The number of rotatable bonds is 5. The Bertz CT molecular complexity index is 3510. The highest BCUT2D eigenvalue weighted by molar-refractivity contribution is 6.12. The highest BCUT2D eigenvalue weighted by Crippen LogP contribution is 2.65. The number of hydrogen-bond acceptors (Lipinski definition) is 1. The Morgan fingerprint density at radius 2 is 0.677 bits per heavy atom. The van der Waals surface area contributed by atoms with Crippen molar-refractivity contribution < 1.29 is 0 Å². The van der Waals surface area contributed by atoms with E-state index in [9.17, 15) is 0 Å². The summed E-state index contributed by atoms with van der Waals surface area (Å²) in [7, 11) is 0. The fraction of sp³-hybridized carbons (Fsp3) is 0.0164. The predicted molar refractivity (Wildman–Crippen MR) is 261 cm³/mol. The molecule has 1 heteroatoms. The lowest BCUT2D eigenvalue weighted by Crippen LogP contribution is -2.28. The quantitative estimate of drug-likeness (QED) is 0.157. The van der Waals surface area contributed by atoms with Gasteiger partial charge in [-0.1, -0.05) is 206 Å². The summed E-state index contributed by atoms with van der Waals surface area (Å²) in [4.78, 5) is 2.50. The highest BCUT2D eigenvalue weighted by atomic mass is 15.1. The Morgan fingerprint density at radius 1 is 0.258 bits per heavy atom. The maximum atomic E-state index is 2.50. The largest absolute Gasteiger partial charge is 0.310 e. The number of hydrogen-bond donors (Lipinski definition) is 0. The van der Waals surface area contributed by atoms with Crippen molar-refractivity contribution in [3.8, 4) is 44.5 Å². The van der Waals surface area contributed by atoms with Crippen molar-refractivity contribution in [3.05, 3.63) is 259 Å². The second-order valence-electron chi connectivity index (χ2n) is 16.7. The number of anilines is 3. The SMILES string of the molecule is c1ccc2c(c1)-c1ccccc1C21c2ccccc2-c2cccc(N(c3ccc(-c4cccc5ccccc45)cc3)c3ccc(-c4cccc5c4ccc4ccccc45)cc3)c21. The van der Waals surface area contributed by atoms with Crippen molar-refractivity contribution >= 4 is 49.4 Å². The number of nitrogens with zero attached hydrogens (tertiary/aromatic N) is 1. The molecule has 0 aromatic heterocycles. The first-order chi connectivity index (χ1) is 30.8. The van der Waals surface area contributed by atoms with Gasteiger partial charge in [-0.25, -0.2) is 0 Å². The van der Waals surface area contributed by atoms with E-state index in [1.54, 1.807) is 0 Å². The molecular formula is C61H39N. The summed E-state index contributed by atoms with van der Waals surface area (Å²) >= 11 is 0. The van der Waals surface area contributed by atoms with Crippen LogP contribution in [0.3, 0.4) is 0 Å². The van der Waals surface area contributed by atoms with Gasteiger partial charge in [0.05, 0.1) is 11.1 Å². The summed E-state index contributed by atoms with van der Waals surface area (Å²) in [5, 5.41) is 7.59. The standard InChI is InChI=1S/C61H39N/c1-3-17-46-40(14-1)16-11-22-47(46)42-30-35-44(36-31-42)62(45-37-32-43(33-38-45)49-23-12-24-50-48-18-4-2-15-41(48)34-39-51(49)50)59-29-13-25-55-54-21-7-10-28-58(54)61(60(55)59)56-26-8-5-19-52(56)53-20-6-9-27-57(53)61/h1-39H. The summed E-state index contributed by atoms with van der Waals surface area (Å²) in [6.07, 6.45) is 0. The Balaban J connectivity index is 1.04. The molecule has 11 aromatic rings. The Labute approximate surface area is 361 Å². The summed E-state index contributed by atoms with van der Waals surface area (Å²) < 4.78 is 0. The van der Waals surface area contributed by atoms with Crippen molar-refractivity contribution in [3.63, 3.8) is 0 Å². The molecule has 0 N–H and O–H groups in total. The van der Waals surface area contributed by atoms with Crippen LogP contribution in [0.2, 0.25) is 0 Å². The zero-order valence-electron chi connectivity index (χ0n) is 34.0. The molecule has 0 aliphatic heterocycles. The highest BCUT2D eigenvalue weighted by Gasteiger charge is 2.53. The summed E-state index contributed by atoms with van der Waals surface area (Å²) in [6, 6.07) is 87.9. The smallest absolute Gasteiger partial charge is 0.0746 e. The third-order valence-corrected chi connectivity index (χ3v) is 13.7. The van der Waals surface area contributed by atoms with Crippen molar-refractivity contribution in [1.29, 1.82) is 0 Å². The zero-order valence-corrected chi connectivity index (χ0v) is 34.0. The second-order valence-corrected chi connectivity index (χ2v) is 16.7. The van der Waals surface area contributed by atoms with Crippen molar-refractivity contribution in [2.75, 3.05) is 4.90 Å². The lowest BCUT2D eigenvalue weighted by Gasteiger charge is -2.36. The van der Waals surface area contributed by atoms with Crippen LogP contribution in [0.4, 0.5) is 17.1 Å². The molecule has 0 atom stereocenters. The fourth-order valence-corrected chi connectivity index (χ4v) is 11.1. The lowest BCUT2D eigenvalue weighted by molar-refractivity contribution is 0.793. The summed E-state index contributed by atoms with van der Waals surface area (Å²) in [6.45, 7) is 0. The molecule has 13 rings (SSSR count). The monoisotopic (exact) mass is 785 g/mol. The van der Waals surface area contributed by atoms with Crippen LogP contribution in [0.5, 0.6) is 0 Å². The van der Waals surface area contributed by atoms with E-state index >= 15 is 0 Å². The van der Waals surface area contributed by atoms with Gasteiger partial charge in [-0.2, -0.15) is 0 Å². The van der Waals surface area contributed by atoms with Gasteiger partial charge in [0, 0.05) is 16.9 Å². The topological polar surface area (TPSA) is 3.24 Å². The van der Waals surface area contributed by atoms with Crippen molar-refractivity contribution in [2.24, 2.45) is 0 Å². The average molecular weight is 786 g/mol. The zero-order chi connectivity index (χ0) is 40.8. The van der Waals surface area contributed by atoms with Crippen LogP contribution in [0.25, 0.3) is 76.8 Å². The molecule has 1 nitrogen and oxygen atoms in total. The summed E-state index contributed by atoms with van der Waals surface area (Å²) in [5.74, 6) is 0. The molecule has 0 bridgehead atoms. The van der Waals surface area contributed by atoms with Gasteiger partial charge in [-0.15, -0.1) is 0 Å². The molecular weight excluding hydrogens is 747 g/mol. The Hall–Kier alpha value is -8.00. The van der Waals surface area contributed by atoms with Gasteiger partial charge >= 0.3 is 0 Å². The molecule has 0 fully saturated rings. The molecule has 62 heavy (non-hydrogen) atoms. The van der Waals surface area contributed by atoms with Gasteiger partial charge in [0.15, 0.2) is 0 Å². The molecule has 0 saturated carbocycles.